The van der Waals surface area contributed by atoms with Crippen LogP contribution in [0.5, 0.6) is 0 Å². The monoisotopic (exact) mass is 346 g/mol. The molecule has 1 aliphatic rings. The second-order valence-corrected chi connectivity index (χ2v) is 1.29. The molecule has 0 N–H and O–H groups in total. The molecule has 0 heterocycles. The Morgan fingerprint density at radius 1 is 1.33 bits per heavy atom. The molecule has 0 spiro atoms. The molecule has 0 nitrogen and oxygen atoms in total. The van der Waals surface area contributed by atoms with Crippen molar-refractivity contribution in [2.24, 2.45) is 0 Å². The van der Waals surface area contributed by atoms with Gasteiger partial charge in [0.05, 0.1) is 0 Å². The Morgan fingerprint density at radius 2 is 1.75 bits per heavy atom. The Balaban J connectivity index is -0.0000000219. The van der Waals surface area contributed by atoms with E-state index in [0.29, 0.717) is 0 Å². The van der Waals surface area contributed by atoms with Gasteiger partial charge in [-0.05, 0) is 0 Å². The van der Waals surface area contributed by atoms with Crippen molar-refractivity contribution in [3.63, 3.8) is 0 Å². The van der Waals surface area contributed by atoms with Gasteiger partial charge >= 0.3 is 0 Å². The van der Waals surface area contributed by atoms with Gasteiger partial charge in [-0.3, -0.25) is 6.08 Å². The average Bonchev–Trinajstić information content (AvgIpc) is 2.17. The van der Waals surface area contributed by atoms with E-state index < -0.39 is 0 Å². The fourth-order valence-electron chi connectivity index (χ4n) is 0.340. The summed E-state index contributed by atoms with van der Waals surface area (Å²) < 4.78 is 0. The molecular weight excluding hydrogens is 327 g/mol. The summed E-state index contributed by atoms with van der Waals surface area (Å²) in [5.41, 5.74) is 0. The topological polar surface area (TPSA) is 0 Å². The summed E-state index contributed by atoms with van der Waals surface area (Å²) in [5.74, 6) is 0. The van der Waals surface area contributed by atoms with Crippen molar-refractivity contribution in [1.82, 2.24) is 0 Å². The minimum atomic E-state index is 0. The van der Waals surface area contributed by atoms with Gasteiger partial charge in [0.25, 0.3) is 0 Å². The van der Waals surface area contributed by atoms with Crippen molar-refractivity contribution >= 4 is 0 Å². The molecule has 1 aliphatic carbocycles. The molecule has 0 unspecified atom stereocenters. The summed E-state index contributed by atoms with van der Waals surface area (Å²) in [6, 6.07) is 0. The van der Waals surface area contributed by atoms with E-state index in [2.05, 4.69) is 25.7 Å². The molecule has 12 heavy (non-hydrogen) atoms. The van der Waals surface area contributed by atoms with Crippen LogP contribution in [0.4, 0.5) is 0 Å². The summed E-state index contributed by atoms with van der Waals surface area (Å²) in [7, 11) is 0. The van der Waals surface area contributed by atoms with Crippen LogP contribution < -0.4 is 0 Å². The fourth-order valence-corrected chi connectivity index (χ4v) is 0.340. The number of allylic oxidation sites excluding steroid dienone is 5. The zero-order chi connectivity index (χ0) is 6.24. The van der Waals surface area contributed by atoms with Crippen LogP contribution in [0.2, 0.25) is 0 Å². The van der Waals surface area contributed by atoms with E-state index in [1.54, 1.807) is 0 Å². The quantitative estimate of drug-likeness (QED) is 0.587. The van der Waals surface area contributed by atoms with Gasteiger partial charge in [-0.1, -0.05) is 0 Å². The van der Waals surface area contributed by atoms with Crippen LogP contribution >= 0.6 is 0 Å². The predicted molar refractivity (Wildman–Crippen MR) is 56.4 cm³/mol. The van der Waals surface area contributed by atoms with E-state index in [4.69, 9.17) is 0 Å². The normalized spacial score (nSPS) is 8.33. The van der Waals surface area contributed by atoms with Crippen LogP contribution in [-0.4, -0.2) is 0 Å². The first-order valence-corrected chi connectivity index (χ1v) is 2.53. The van der Waals surface area contributed by atoms with Gasteiger partial charge in [0.1, 0.15) is 0 Å². The van der Waals surface area contributed by atoms with Crippen molar-refractivity contribution < 1.29 is 21.1 Å². The van der Waals surface area contributed by atoms with Crippen LogP contribution in [-0.2, 0) is 21.1 Å². The Morgan fingerprint density at radius 3 is 1.83 bits per heavy atom. The fraction of sp³-hybridized carbons (Fsp3) is 0.0909. The first-order valence-electron chi connectivity index (χ1n) is 2.53. The van der Waals surface area contributed by atoms with Crippen LogP contribution in [0, 0.1) is 35.3 Å². The average molecular weight is 346 g/mol. The third-order valence-corrected chi connectivity index (χ3v) is 0.586. The molecule has 0 radical (unpaired) electrons. The largest absolute Gasteiger partial charge is 0.358 e. The Kier molecular flexibility index (Phi) is 76.6. The van der Waals surface area contributed by atoms with Gasteiger partial charge in [-0.15, -0.1) is 6.42 Å². The molecule has 0 aromatic heterocycles. The van der Waals surface area contributed by atoms with Gasteiger partial charge in [-0.2, -0.15) is 6.08 Å². The predicted octanol–water partition coefficient (Wildman–Crippen LogP) is 3.66. The smallest absolute Gasteiger partial charge is 0 e. The number of hydrogen-bond acceptors (Lipinski definition) is 0. The molecule has 0 bridgehead atoms. The molecule has 0 atom stereocenters. The number of hydrogen-bond donors (Lipinski definition) is 0. The minimum Gasteiger partial charge on any atom is -0.358 e. The first kappa shape index (κ1) is 29.8. The molecule has 0 saturated heterocycles. The van der Waals surface area contributed by atoms with Crippen molar-refractivity contribution in [2.75, 3.05) is 0 Å². The van der Waals surface area contributed by atoms with Crippen LogP contribution in [0.3, 0.4) is 0 Å². The zero-order valence-electron chi connectivity index (χ0n) is 8.25. The Bertz CT molecular complexity index is 91.6. The maximum Gasteiger partial charge on any atom is 0 e. The maximum absolute atomic E-state index is 3.25. The van der Waals surface area contributed by atoms with Crippen molar-refractivity contribution in [3.8, 4) is 0 Å². The van der Waals surface area contributed by atoms with Crippen LogP contribution in [0.1, 0.15) is 6.42 Å². The zero-order valence-corrected chi connectivity index (χ0v) is 10.5. The van der Waals surface area contributed by atoms with Crippen molar-refractivity contribution in [1.29, 1.82) is 0 Å². The van der Waals surface area contributed by atoms with E-state index in [0.717, 1.165) is 6.42 Å². The van der Waals surface area contributed by atoms with E-state index in [1.807, 2.05) is 12.2 Å². The summed E-state index contributed by atoms with van der Waals surface area (Å²) in [5, 5.41) is 0. The van der Waals surface area contributed by atoms with Gasteiger partial charge in [0.15, 0.2) is 0 Å². The molecular formula is C11H19Pt-5. The van der Waals surface area contributed by atoms with E-state index >= 15 is 0 Å². The van der Waals surface area contributed by atoms with E-state index in [-0.39, 0.29) is 43.3 Å². The Hall–Kier alpha value is -0.222. The van der Waals surface area contributed by atoms with Gasteiger partial charge in [0, 0.05) is 21.1 Å². The maximum atomic E-state index is 3.25. The van der Waals surface area contributed by atoms with Crippen LogP contribution in [0.15, 0.2) is 30.9 Å². The second kappa shape index (κ2) is 30.9. The SMILES string of the molecule is C=C[CH2-].[C-]1=CC=CC1.[CH3-].[CH3-].[CH3-].[Pt]. The van der Waals surface area contributed by atoms with Gasteiger partial charge < -0.3 is 22.3 Å². The van der Waals surface area contributed by atoms with Gasteiger partial charge in [0.2, 0.25) is 0 Å². The first-order chi connectivity index (χ1) is 3.91. The third kappa shape index (κ3) is 33.0. The second-order valence-electron chi connectivity index (χ2n) is 1.29. The molecule has 0 fully saturated rings. The molecule has 78 valence electrons. The molecule has 0 amide bonds. The van der Waals surface area contributed by atoms with E-state index in [9.17, 15) is 0 Å². The molecule has 0 aromatic carbocycles. The van der Waals surface area contributed by atoms with Crippen molar-refractivity contribution in [2.45, 2.75) is 6.42 Å². The summed E-state index contributed by atoms with van der Waals surface area (Å²) in [6.45, 7) is 6.50. The van der Waals surface area contributed by atoms with Gasteiger partial charge in [-0.25, -0.2) is 31.7 Å². The summed E-state index contributed by atoms with van der Waals surface area (Å²) >= 11 is 0. The van der Waals surface area contributed by atoms with E-state index in [1.165, 1.54) is 6.08 Å². The molecule has 0 aromatic rings. The molecule has 0 saturated carbocycles. The minimum absolute atomic E-state index is 0. The molecule has 1 rings (SSSR count). The standard InChI is InChI=1S/C5H5.C3H5.3CH3.Pt/c1-2-4-5-3-1;1-3-2;;;;/h1-3H,4H2;3H,1-2H2;3*1H3;/q5*-1;. The summed E-state index contributed by atoms with van der Waals surface area (Å²) in [4.78, 5) is 0. The van der Waals surface area contributed by atoms with Crippen molar-refractivity contribution in [3.05, 3.63) is 66.2 Å². The third-order valence-electron chi connectivity index (χ3n) is 0.586. The summed E-state index contributed by atoms with van der Waals surface area (Å²) in [6.07, 6.45) is 11.5. The molecule has 0 aliphatic heterocycles. The molecule has 1 heteroatoms. The van der Waals surface area contributed by atoms with Crippen LogP contribution in [0.25, 0.3) is 0 Å². The number of rotatable bonds is 0. The Labute approximate surface area is 93.7 Å².